The maximum atomic E-state index is 12.4. The molecule has 0 saturated heterocycles. The van der Waals surface area contributed by atoms with Crippen LogP contribution in [0.3, 0.4) is 0 Å². The van der Waals surface area contributed by atoms with Gasteiger partial charge in [0.25, 0.3) is 5.91 Å². The van der Waals surface area contributed by atoms with E-state index in [1.165, 1.54) is 0 Å². The van der Waals surface area contributed by atoms with Gasteiger partial charge in [0.15, 0.2) is 0 Å². The van der Waals surface area contributed by atoms with Gasteiger partial charge in [-0.2, -0.15) is 0 Å². The first-order chi connectivity index (χ1) is 10.3. The molecular formula is C16H22N4O. The lowest BCUT2D eigenvalue weighted by Gasteiger charge is -2.16. The Morgan fingerprint density at radius 3 is 2.86 bits per heavy atom. The number of rotatable bonds is 7. The smallest absolute Gasteiger partial charge is 0.253 e. The molecule has 1 amide bonds. The summed E-state index contributed by atoms with van der Waals surface area (Å²) in [7, 11) is 0. The molecule has 1 atom stereocenters. The molecule has 0 aliphatic carbocycles. The van der Waals surface area contributed by atoms with Crippen LogP contribution in [0.5, 0.6) is 0 Å². The summed E-state index contributed by atoms with van der Waals surface area (Å²) in [5, 5.41) is 3.00. The first-order valence-electron chi connectivity index (χ1n) is 7.44. The standard InChI is InChI=1S/C16H22N4O/c1-2-4-12(7-8-17)11-20-16(21)13-5-3-6-14-15(13)19-10-9-18-14/h3,5-6,9-10,12H,2,4,7-8,11,17H2,1H3,(H,20,21). The van der Waals surface area contributed by atoms with Crippen LogP contribution in [-0.2, 0) is 0 Å². The molecule has 5 heteroatoms. The summed E-state index contributed by atoms with van der Waals surface area (Å²) in [6.45, 7) is 3.45. The van der Waals surface area contributed by atoms with Gasteiger partial charge in [0, 0.05) is 18.9 Å². The Hall–Kier alpha value is -2.01. The van der Waals surface area contributed by atoms with Crippen LogP contribution in [-0.4, -0.2) is 29.0 Å². The fraction of sp³-hybridized carbons (Fsp3) is 0.438. The first-order valence-corrected chi connectivity index (χ1v) is 7.44. The van der Waals surface area contributed by atoms with Gasteiger partial charge in [-0.1, -0.05) is 19.4 Å². The van der Waals surface area contributed by atoms with Gasteiger partial charge >= 0.3 is 0 Å². The van der Waals surface area contributed by atoms with E-state index in [2.05, 4.69) is 22.2 Å². The van der Waals surface area contributed by atoms with Crippen LogP contribution >= 0.6 is 0 Å². The molecule has 1 heterocycles. The average Bonchev–Trinajstić information content (AvgIpc) is 2.52. The van der Waals surface area contributed by atoms with Crippen molar-refractivity contribution in [2.45, 2.75) is 26.2 Å². The number of amides is 1. The van der Waals surface area contributed by atoms with Gasteiger partial charge in [-0.05, 0) is 37.4 Å². The molecule has 0 spiro atoms. The highest BCUT2D eigenvalue weighted by Crippen LogP contribution is 2.14. The number of carbonyl (C=O) groups excluding carboxylic acids is 1. The van der Waals surface area contributed by atoms with Crippen molar-refractivity contribution in [2.24, 2.45) is 11.7 Å². The number of para-hydroxylation sites is 1. The van der Waals surface area contributed by atoms with Gasteiger partial charge in [-0.3, -0.25) is 14.8 Å². The van der Waals surface area contributed by atoms with E-state index in [9.17, 15) is 4.79 Å². The Morgan fingerprint density at radius 1 is 1.29 bits per heavy atom. The third-order valence-corrected chi connectivity index (χ3v) is 3.57. The lowest BCUT2D eigenvalue weighted by atomic mass is 9.99. The zero-order chi connectivity index (χ0) is 15.1. The van der Waals surface area contributed by atoms with Gasteiger partial charge in [-0.25, -0.2) is 0 Å². The SMILES string of the molecule is CCCC(CCN)CNC(=O)c1cccc2nccnc12. The second-order valence-corrected chi connectivity index (χ2v) is 5.17. The molecule has 0 saturated carbocycles. The summed E-state index contributed by atoms with van der Waals surface area (Å²) in [5.41, 5.74) is 7.57. The minimum absolute atomic E-state index is 0.0979. The molecule has 1 unspecified atom stereocenters. The molecule has 5 nitrogen and oxygen atoms in total. The van der Waals surface area contributed by atoms with Crippen molar-refractivity contribution in [3.63, 3.8) is 0 Å². The second kappa shape index (κ2) is 7.69. The minimum Gasteiger partial charge on any atom is -0.352 e. The highest BCUT2D eigenvalue weighted by atomic mass is 16.1. The molecule has 2 aromatic rings. The van der Waals surface area contributed by atoms with E-state index < -0.39 is 0 Å². The van der Waals surface area contributed by atoms with Crippen molar-refractivity contribution in [1.82, 2.24) is 15.3 Å². The zero-order valence-electron chi connectivity index (χ0n) is 12.4. The fourth-order valence-corrected chi connectivity index (χ4v) is 2.50. The monoisotopic (exact) mass is 286 g/mol. The van der Waals surface area contributed by atoms with Crippen molar-refractivity contribution in [2.75, 3.05) is 13.1 Å². The van der Waals surface area contributed by atoms with Crippen LogP contribution in [0.1, 0.15) is 36.5 Å². The molecule has 0 aliphatic heterocycles. The lowest BCUT2D eigenvalue weighted by molar-refractivity contribution is 0.0947. The molecule has 0 fully saturated rings. The summed E-state index contributed by atoms with van der Waals surface area (Å²) < 4.78 is 0. The normalized spacial score (nSPS) is 12.3. The van der Waals surface area contributed by atoms with Crippen LogP contribution in [0.4, 0.5) is 0 Å². The number of nitrogens with zero attached hydrogens (tertiary/aromatic N) is 2. The number of nitrogens with one attached hydrogen (secondary N) is 1. The average molecular weight is 286 g/mol. The summed E-state index contributed by atoms with van der Waals surface area (Å²) in [4.78, 5) is 20.8. The lowest BCUT2D eigenvalue weighted by Crippen LogP contribution is -2.30. The van der Waals surface area contributed by atoms with Crippen molar-refractivity contribution in [1.29, 1.82) is 0 Å². The predicted molar refractivity (Wildman–Crippen MR) is 83.9 cm³/mol. The van der Waals surface area contributed by atoms with E-state index in [1.54, 1.807) is 18.5 Å². The molecule has 1 aromatic heterocycles. The van der Waals surface area contributed by atoms with E-state index in [1.807, 2.05) is 12.1 Å². The van der Waals surface area contributed by atoms with Crippen LogP contribution in [0.25, 0.3) is 11.0 Å². The van der Waals surface area contributed by atoms with E-state index >= 15 is 0 Å². The van der Waals surface area contributed by atoms with Crippen LogP contribution < -0.4 is 11.1 Å². The van der Waals surface area contributed by atoms with E-state index in [-0.39, 0.29) is 5.91 Å². The molecule has 0 bridgehead atoms. The predicted octanol–water partition coefficient (Wildman–Crippen LogP) is 2.12. The topological polar surface area (TPSA) is 80.9 Å². The summed E-state index contributed by atoms with van der Waals surface area (Å²) >= 11 is 0. The van der Waals surface area contributed by atoms with Crippen molar-refractivity contribution in [3.8, 4) is 0 Å². The largest absolute Gasteiger partial charge is 0.352 e. The van der Waals surface area contributed by atoms with Crippen LogP contribution in [0.2, 0.25) is 0 Å². The third-order valence-electron chi connectivity index (χ3n) is 3.57. The van der Waals surface area contributed by atoms with Crippen LogP contribution in [0, 0.1) is 5.92 Å². The third kappa shape index (κ3) is 3.98. The summed E-state index contributed by atoms with van der Waals surface area (Å²) in [6.07, 6.45) is 6.34. The van der Waals surface area contributed by atoms with E-state index in [0.717, 1.165) is 24.8 Å². The Bertz CT molecular complexity index is 588. The fourth-order valence-electron chi connectivity index (χ4n) is 2.50. The number of hydrogen-bond donors (Lipinski definition) is 2. The number of benzene rings is 1. The van der Waals surface area contributed by atoms with Crippen molar-refractivity contribution in [3.05, 3.63) is 36.2 Å². The van der Waals surface area contributed by atoms with E-state index in [0.29, 0.717) is 30.1 Å². The quantitative estimate of drug-likeness (QED) is 0.817. The van der Waals surface area contributed by atoms with Crippen LogP contribution in [0.15, 0.2) is 30.6 Å². The Kier molecular flexibility index (Phi) is 5.63. The van der Waals surface area contributed by atoms with Crippen molar-refractivity contribution < 1.29 is 4.79 Å². The van der Waals surface area contributed by atoms with Gasteiger partial charge in [0.1, 0.15) is 5.52 Å². The van der Waals surface area contributed by atoms with Gasteiger partial charge < -0.3 is 11.1 Å². The van der Waals surface area contributed by atoms with Gasteiger partial charge in [-0.15, -0.1) is 0 Å². The molecular weight excluding hydrogens is 264 g/mol. The number of aromatic nitrogens is 2. The number of hydrogen-bond acceptors (Lipinski definition) is 4. The number of nitrogens with two attached hydrogens (primary N) is 1. The Labute approximate surface area is 125 Å². The molecule has 112 valence electrons. The summed E-state index contributed by atoms with van der Waals surface area (Å²) in [6, 6.07) is 5.47. The Balaban J connectivity index is 2.08. The molecule has 2 rings (SSSR count). The number of fused-ring (bicyclic) bond motifs is 1. The molecule has 1 aromatic carbocycles. The Morgan fingerprint density at radius 2 is 2.10 bits per heavy atom. The second-order valence-electron chi connectivity index (χ2n) is 5.17. The van der Waals surface area contributed by atoms with E-state index in [4.69, 9.17) is 5.73 Å². The summed E-state index contributed by atoms with van der Waals surface area (Å²) in [5.74, 6) is 0.337. The highest BCUT2D eigenvalue weighted by molar-refractivity contribution is 6.04. The minimum atomic E-state index is -0.0979. The molecule has 0 aliphatic rings. The molecule has 0 radical (unpaired) electrons. The first kappa shape index (κ1) is 15.4. The zero-order valence-corrected chi connectivity index (χ0v) is 12.4. The molecule has 21 heavy (non-hydrogen) atoms. The molecule has 3 N–H and O–H groups in total. The highest BCUT2D eigenvalue weighted by Gasteiger charge is 2.13. The van der Waals surface area contributed by atoms with Gasteiger partial charge in [0.05, 0.1) is 11.1 Å². The maximum Gasteiger partial charge on any atom is 0.253 e. The maximum absolute atomic E-state index is 12.4. The number of carbonyl (C=O) groups is 1. The van der Waals surface area contributed by atoms with Crippen molar-refractivity contribution >= 4 is 16.9 Å². The van der Waals surface area contributed by atoms with Gasteiger partial charge in [0.2, 0.25) is 0 Å².